The molecule has 1 fully saturated rings. The summed E-state index contributed by atoms with van der Waals surface area (Å²) in [7, 11) is 0. The van der Waals surface area contributed by atoms with E-state index in [1.165, 1.54) is 25.7 Å². The van der Waals surface area contributed by atoms with Crippen molar-refractivity contribution in [3.63, 3.8) is 0 Å². The van der Waals surface area contributed by atoms with Gasteiger partial charge in [0.1, 0.15) is 0 Å². The molecule has 108 valence electrons. The summed E-state index contributed by atoms with van der Waals surface area (Å²) in [6.07, 6.45) is 5.58. The number of anilines is 2. The standard InChI is InChI=1S/C17H25N3/c1-12(2)15-5-3-4-6-17(15)20-14-7-8-16(19)13(11-14)9-10-18/h7-8,11-12,15,17,20H,3-6,9,19H2,1-2H3. The predicted octanol–water partition coefficient (Wildman–Crippen LogP) is 3.96. The number of nitrogens with zero attached hydrogens (tertiary/aromatic N) is 1. The van der Waals surface area contributed by atoms with Crippen molar-refractivity contribution in [2.75, 3.05) is 11.1 Å². The molecule has 3 N–H and O–H groups in total. The second kappa shape index (κ2) is 6.65. The quantitative estimate of drug-likeness (QED) is 0.815. The minimum absolute atomic E-state index is 0.375. The number of nitriles is 1. The Balaban J connectivity index is 2.12. The number of hydrogen-bond donors (Lipinski definition) is 2. The average Bonchev–Trinajstić information content (AvgIpc) is 2.43. The molecule has 1 saturated carbocycles. The molecule has 1 aliphatic carbocycles. The van der Waals surface area contributed by atoms with Gasteiger partial charge in [-0.25, -0.2) is 0 Å². The molecule has 0 spiro atoms. The third kappa shape index (κ3) is 3.45. The first-order chi connectivity index (χ1) is 9.61. The Labute approximate surface area is 122 Å². The number of nitrogen functional groups attached to an aromatic ring is 1. The van der Waals surface area contributed by atoms with E-state index < -0.39 is 0 Å². The zero-order valence-corrected chi connectivity index (χ0v) is 12.5. The summed E-state index contributed by atoms with van der Waals surface area (Å²) in [4.78, 5) is 0. The van der Waals surface area contributed by atoms with Crippen LogP contribution in [0.4, 0.5) is 11.4 Å². The van der Waals surface area contributed by atoms with E-state index >= 15 is 0 Å². The van der Waals surface area contributed by atoms with Gasteiger partial charge in [-0.2, -0.15) is 5.26 Å². The Morgan fingerprint density at radius 3 is 2.80 bits per heavy atom. The molecule has 1 aromatic carbocycles. The maximum absolute atomic E-state index is 8.85. The summed E-state index contributed by atoms with van der Waals surface area (Å²) in [5, 5.41) is 12.5. The molecule has 2 rings (SSSR count). The van der Waals surface area contributed by atoms with Gasteiger partial charge in [0.25, 0.3) is 0 Å². The van der Waals surface area contributed by atoms with E-state index in [1.54, 1.807) is 0 Å². The summed E-state index contributed by atoms with van der Waals surface area (Å²) in [5.74, 6) is 1.45. The van der Waals surface area contributed by atoms with E-state index in [0.29, 0.717) is 24.1 Å². The summed E-state index contributed by atoms with van der Waals surface area (Å²) in [6.45, 7) is 4.63. The minimum atomic E-state index is 0.375. The molecule has 20 heavy (non-hydrogen) atoms. The topological polar surface area (TPSA) is 61.8 Å². The minimum Gasteiger partial charge on any atom is -0.398 e. The van der Waals surface area contributed by atoms with E-state index in [9.17, 15) is 0 Å². The zero-order chi connectivity index (χ0) is 14.5. The molecule has 2 unspecified atom stereocenters. The molecule has 1 aromatic rings. The molecule has 0 bridgehead atoms. The van der Waals surface area contributed by atoms with Gasteiger partial charge in [0, 0.05) is 17.4 Å². The van der Waals surface area contributed by atoms with Crippen LogP contribution in [-0.4, -0.2) is 6.04 Å². The number of hydrogen-bond acceptors (Lipinski definition) is 3. The Morgan fingerprint density at radius 1 is 1.35 bits per heavy atom. The lowest BCUT2D eigenvalue weighted by atomic mass is 9.78. The van der Waals surface area contributed by atoms with Crippen molar-refractivity contribution >= 4 is 11.4 Å². The van der Waals surface area contributed by atoms with Gasteiger partial charge in [-0.05, 0) is 48.4 Å². The average molecular weight is 271 g/mol. The van der Waals surface area contributed by atoms with Gasteiger partial charge in [-0.15, -0.1) is 0 Å². The van der Waals surface area contributed by atoms with Gasteiger partial charge in [-0.1, -0.05) is 26.7 Å². The highest BCUT2D eigenvalue weighted by Gasteiger charge is 2.27. The van der Waals surface area contributed by atoms with Gasteiger partial charge < -0.3 is 11.1 Å². The van der Waals surface area contributed by atoms with Crippen LogP contribution in [0.25, 0.3) is 0 Å². The van der Waals surface area contributed by atoms with E-state index in [1.807, 2.05) is 18.2 Å². The first-order valence-electron chi connectivity index (χ1n) is 7.63. The zero-order valence-electron chi connectivity index (χ0n) is 12.5. The monoisotopic (exact) mass is 271 g/mol. The lowest BCUT2D eigenvalue weighted by Crippen LogP contribution is -2.35. The van der Waals surface area contributed by atoms with Crippen molar-refractivity contribution in [3.8, 4) is 6.07 Å². The molecule has 0 aromatic heterocycles. The third-order valence-corrected chi connectivity index (χ3v) is 4.44. The molecule has 0 heterocycles. The first kappa shape index (κ1) is 14.7. The fourth-order valence-corrected chi connectivity index (χ4v) is 3.28. The van der Waals surface area contributed by atoms with E-state index in [-0.39, 0.29) is 0 Å². The lowest BCUT2D eigenvalue weighted by Gasteiger charge is -2.35. The molecule has 0 saturated heterocycles. The van der Waals surface area contributed by atoms with Crippen molar-refractivity contribution in [3.05, 3.63) is 23.8 Å². The normalized spacial score (nSPS) is 22.5. The number of nitrogens with one attached hydrogen (secondary N) is 1. The van der Waals surface area contributed by atoms with E-state index in [0.717, 1.165) is 17.2 Å². The molecule has 3 nitrogen and oxygen atoms in total. The van der Waals surface area contributed by atoms with E-state index in [2.05, 4.69) is 25.2 Å². The van der Waals surface area contributed by atoms with Gasteiger partial charge in [0.05, 0.1) is 12.5 Å². The molecule has 1 aliphatic rings. The van der Waals surface area contributed by atoms with Crippen LogP contribution in [0.3, 0.4) is 0 Å². The molecule has 0 amide bonds. The van der Waals surface area contributed by atoms with Crippen LogP contribution >= 0.6 is 0 Å². The van der Waals surface area contributed by atoms with Gasteiger partial charge in [0.15, 0.2) is 0 Å². The van der Waals surface area contributed by atoms with Crippen molar-refractivity contribution in [1.82, 2.24) is 0 Å². The van der Waals surface area contributed by atoms with Crippen molar-refractivity contribution < 1.29 is 0 Å². The molecule has 3 heteroatoms. The van der Waals surface area contributed by atoms with Crippen LogP contribution in [0.2, 0.25) is 0 Å². The Kier molecular flexibility index (Phi) is 4.89. The Hall–Kier alpha value is -1.69. The highest BCUT2D eigenvalue weighted by atomic mass is 14.9. The van der Waals surface area contributed by atoms with Crippen molar-refractivity contribution in [2.24, 2.45) is 11.8 Å². The number of nitrogens with two attached hydrogens (primary N) is 1. The fourth-order valence-electron chi connectivity index (χ4n) is 3.28. The second-order valence-corrected chi connectivity index (χ2v) is 6.19. The first-order valence-corrected chi connectivity index (χ1v) is 7.63. The van der Waals surface area contributed by atoms with E-state index in [4.69, 9.17) is 11.0 Å². The number of rotatable bonds is 4. The molecular formula is C17H25N3. The van der Waals surface area contributed by atoms with Gasteiger partial charge in [0.2, 0.25) is 0 Å². The smallest absolute Gasteiger partial charge is 0.0670 e. The summed E-state index contributed by atoms with van der Waals surface area (Å²) in [6, 6.07) is 8.69. The third-order valence-electron chi connectivity index (χ3n) is 4.44. The SMILES string of the molecule is CC(C)C1CCCCC1Nc1ccc(N)c(CC#N)c1. The molecular weight excluding hydrogens is 246 g/mol. The lowest BCUT2D eigenvalue weighted by molar-refractivity contribution is 0.254. The molecule has 2 atom stereocenters. The highest BCUT2D eigenvalue weighted by molar-refractivity contribution is 5.58. The van der Waals surface area contributed by atoms with Gasteiger partial charge in [-0.3, -0.25) is 0 Å². The second-order valence-electron chi connectivity index (χ2n) is 6.19. The van der Waals surface area contributed by atoms with Crippen LogP contribution < -0.4 is 11.1 Å². The fraction of sp³-hybridized carbons (Fsp3) is 0.588. The summed E-state index contributed by atoms with van der Waals surface area (Å²) in [5.41, 5.74) is 8.64. The number of benzene rings is 1. The van der Waals surface area contributed by atoms with Crippen molar-refractivity contribution in [2.45, 2.75) is 52.0 Å². The highest BCUT2D eigenvalue weighted by Crippen LogP contribution is 2.32. The van der Waals surface area contributed by atoms with Crippen LogP contribution in [0.5, 0.6) is 0 Å². The summed E-state index contributed by atoms with van der Waals surface area (Å²) >= 11 is 0. The maximum Gasteiger partial charge on any atom is 0.0670 e. The maximum atomic E-state index is 8.85. The Morgan fingerprint density at radius 2 is 2.10 bits per heavy atom. The summed E-state index contributed by atoms with van der Waals surface area (Å²) < 4.78 is 0. The predicted molar refractivity (Wildman–Crippen MR) is 84.4 cm³/mol. The van der Waals surface area contributed by atoms with Crippen LogP contribution in [0.1, 0.15) is 45.1 Å². The molecule has 0 aliphatic heterocycles. The van der Waals surface area contributed by atoms with Crippen LogP contribution in [0.15, 0.2) is 18.2 Å². The van der Waals surface area contributed by atoms with Crippen molar-refractivity contribution in [1.29, 1.82) is 5.26 Å². The van der Waals surface area contributed by atoms with Crippen LogP contribution in [0, 0.1) is 23.2 Å². The molecule has 0 radical (unpaired) electrons. The Bertz CT molecular complexity index is 487. The van der Waals surface area contributed by atoms with Crippen LogP contribution in [-0.2, 0) is 6.42 Å². The largest absolute Gasteiger partial charge is 0.398 e. The van der Waals surface area contributed by atoms with Gasteiger partial charge >= 0.3 is 0 Å².